The van der Waals surface area contributed by atoms with E-state index in [1.165, 1.54) is 10.7 Å². The third-order valence-electron chi connectivity index (χ3n) is 3.04. The molecule has 100 valence electrons. The molecule has 0 unspecified atom stereocenters. The van der Waals surface area contributed by atoms with Crippen LogP contribution in [0.5, 0.6) is 0 Å². The molecule has 0 atom stereocenters. The van der Waals surface area contributed by atoms with Gasteiger partial charge in [-0.15, -0.1) is 0 Å². The monoisotopic (exact) mass is 268 g/mol. The summed E-state index contributed by atoms with van der Waals surface area (Å²) in [6.07, 6.45) is 3.71. The van der Waals surface area contributed by atoms with Crippen LogP contribution in [0, 0.1) is 0 Å². The Hall–Kier alpha value is -2.76. The summed E-state index contributed by atoms with van der Waals surface area (Å²) in [5.74, 6) is -1.03. The fourth-order valence-corrected chi connectivity index (χ4v) is 2.04. The molecule has 6 heteroatoms. The van der Waals surface area contributed by atoms with Crippen molar-refractivity contribution in [2.24, 2.45) is 0 Å². The molecule has 3 rings (SSSR count). The van der Waals surface area contributed by atoms with Crippen molar-refractivity contribution in [1.29, 1.82) is 0 Å². The van der Waals surface area contributed by atoms with Crippen LogP contribution in [0.1, 0.15) is 23.0 Å². The first kappa shape index (κ1) is 12.3. The van der Waals surface area contributed by atoms with Gasteiger partial charge in [-0.25, -0.2) is 14.3 Å². The van der Waals surface area contributed by atoms with Gasteiger partial charge in [-0.3, -0.25) is 4.98 Å². The average Bonchev–Trinajstić information content (AvgIpc) is 2.91. The van der Waals surface area contributed by atoms with Crippen molar-refractivity contribution in [3.05, 3.63) is 47.9 Å². The van der Waals surface area contributed by atoms with Crippen LogP contribution in [-0.2, 0) is 6.42 Å². The second-order valence-corrected chi connectivity index (χ2v) is 4.30. The van der Waals surface area contributed by atoms with Crippen molar-refractivity contribution < 1.29 is 9.90 Å². The summed E-state index contributed by atoms with van der Waals surface area (Å²) in [6, 6.07) is 7.44. The van der Waals surface area contributed by atoms with Crippen molar-refractivity contribution in [2.45, 2.75) is 13.3 Å². The number of aryl methyl sites for hydroxylation is 1. The number of pyridine rings is 1. The largest absolute Gasteiger partial charge is 0.477 e. The first-order chi connectivity index (χ1) is 9.70. The molecule has 3 aromatic rings. The molecular weight excluding hydrogens is 256 g/mol. The zero-order chi connectivity index (χ0) is 14.1. The molecule has 0 bridgehead atoms. The Morgan fingerprint density at radius 1 is 1.40 bits per heavy atom. The van der Waals surface area contributed by atoms with Crippen LogP contribution in [0.4, 0.5) is 0 Å². The Morgan fingerprint density at radius 3 is 2.90 bits per heavy atom. The van der Waals surface area contributed by atoms with E-state index in [9.17, 15) is 9.90 Å². The van der Waals surface area contributed by atoms with Gasteiger partial charge in [-0.2, -0.15) is 5.10 Å². The fourth-order valence-electron chi connectivity index (χ4n) is 2.04. The van der Waals surface area contributed by atoms with Crippen LogP contribution in [0.15, 0.2) is 36.7 Å². The summed E-state index contributed by atoms with van der Waals surface area (Å²) in [5, 5.41) is 13.3. The maximum atomic E-state index is 11.2. The number of hydrogen-bond donors (Lipinski definition) is 1. The van der Waals surface area contributed by atoms with Crippen LogP contribution in [0.25, 0.3) is 17.0 Å². The number of fused-ring (bicyclic) bond motifs is 1. The zero-order valence-corrected chi connectivity index (χ0v) is 10.8. The number of aromatic carboxylic acids is 1. The average molecular weight is 268 g/mol. The summed E-state index contributed by atoms with van der Waals surface area (Å²) in [5.41, 5.74) is 2.71. The molecule has 0 amide bonds. The van der Waals surface area contributed by atoms with Crippen molar-refractivity contribution in [3.8, 4) is 11.4 Å². The second kappa shape index (κ2) is 4.73. The first-order valence-electron chi connectivity index (χ1n) is 6.23. The van der Waals surface area contributed by atoms with Crippen LogP contribution >= 0.6 is 0 Å². The second-order valence-electron chi connectivity index (χ2n) is 4.30. The highest BCUT2D eigenvalue weighted by Crippen LogP contribution is 2.21. The standard InChI is InChI=1S/C14H12N4O2/c1-2-9-7-12(11-5-3-4-6-15-11)18-13(17-9)10(8-16-18)14(19)20/h3-8H,2H2,1H3,(H,19,20). The molecule has 1 N–H and O–H groups in total. The van der Waals surface area contributed by atoms with Crippen LogP contribution in [0.3, 0.4) is 0 Å². The van der Waals surface area contributed by atoms with E-state index in [1.54, 1.807) is 6.20 Å². The molecule has 0 spiro atoms. The molecule has 6 nitrogen and oxygen atoms in total. The Labute approximate surface area is 114 Å². The van der Waals surface area contributed by atoms with Gasteiger partial charge in [-0.05, 0) is 24.6 Å². The summed E-state index contributed by atoms with van der Waals surface area (Å²) in [4.78, 5) is 19.9. The number of hydrogen-bond acceptors (Lipinski definition) is 4. The molecule has 0 fully saturated rings. The Morgan fingerprint density at radius 2 is 2.25 bits per heavy atom. The predicted molar refractivity (Wildman–Crippen MR) is 72.6 cm³/mol. The maximum absolute atomic E-state index is 11.2. The number of nitrogens with zero attached hydrogens (tertiary/aromatic N) is 4. The molecule has 3 heterocycles. The third-order valence-corrected chi connectivity index (χ3v) is 3.04. The highest BCUT2D eigenvalue weighted by Gasteiger charge is 2.16. The molecule has 0 radical (unpaired) electrons. The Bertz CT molecular complexity index is 780. The van der Waals surface area contributed by atoms with E-state index in [4.69, 9.17) is 0 Å². The smallest absolute Gasteiger partial charge is 0.341 e. The first-order valence-corrected chi connectivity index (χ1v) is 6.23. The molecular formula is C14H12N4O2. The third kappa shape index (κ3) is 1.91. The SMILES string of the molecule is CCc1cc(-c2ccccn2)n2ncc(C(=O)O)c2n1. The quantitative estimate of drug-likeness (QED) is 0.786. The van der Waals surface area contributed by atoms with Gasteiger partial charge in [0.2, 0.25) is 0 Å². The van der Waals surface area contributed by atoms with Crippen molar-refractivity contribution >= 4 is 11.6 Å². The summed E-state index contributed by atoms with van der Waals surface area (Å²) < 4.78 is 1.52. The molecule has 0 saturated heterocycles. The predicted octanol–water partition coefficient (Wildman–Crippen LogP) is 2.05. The minimum Gasteiger partial charge on any atom is -0.477 e. The zero-order valence-electron chi connectivity index (χ0n) is 10.8. The van der Waals surface area contributed by atoms with Gasteiger partial charge in [-0.1, -0.05) is 13.0 Å². The lowest BCUT2D eigenvalue weighted by Gasteiger charge is -2.06. The number of carboxylic acid groups (broad SMARTS) is 1. The van der Waals surface area contributed by atoms with Gasteiger partial charge in [0.25, 0.3) is 0 Å². The van der Waals surface area contributed by atoms with E-state index in [0.29, 0.717) is 12.1 Å². The van der Waals surface area contributed by atoms with Gasteiger partial charge in [0, 0.05) is 11.9 Å². The Kier molecular flexibility index (Phi) is 2.90. The van der Waals surface area contributed by atoms with E-state index < -0.39 is 5.97 Å². The molecule has 0 saturated carbocycles. The van der Waals surface area contributed by atoms with Gasteiger partial charge in [0.15, 0.2) is 5.65 Å². The van der Waals surface area contributed by atoms with Crippen molar-refractivity contribution in [2.75, 3.05) is 0 Å². The van der Waals surface area contributed by atoms with Crippen LogP contribution in [0.2, 0.25) is 0 Å². The summed E-state index contributed by atoms with van der Waals surface area (Å²) in [6.45, 7) is 1.97. The maximum Gasteiger partial charge on any atom is 0.341 e. The molecule has 3 aromatic heterocycles. The lowest BCUT2D eigenvalue weighted by atomic mass is 10.2. The van der Waals surface area contributed by atoms with E-state index in [0.717, 1.165) is 17.1 Å². The number of carboxylic acids is 1. The highest BCUT2D eigenvalue weighted by atomic mass is 16.4. The van der Waals surface area contributed by atoms with Gasteiger partial charge < -0.3 is 5.11 Å². The molecule has 0 aliphatic carbocycles. The van der Waals surface area contributed by atoms with Crippen LogP contribution < -0.4 is 0 Å². The summed E-state index contributed by atoms with van der Waals surface area (Å²) >= 11 is 0. The van der Waals surface area contributed by atoms with Crippen molar-refractivity contribution in [3.63, 3.8) is 0 Å². The molecule has 0 aliphatic rings. The topological polar surface area (TPSA) is 80.4 Å². The lowest BCUT2D eigenvalue weighted by molar-refractivity contribution is 0.0699. The van der Waals surface area contributed by atoms with E-state index in [-0.39, 0.29) is 5.56 Å². The fraction of sp³-hybridized carbons (Fsp3) is 0.143. The van der Waals surface area contributed by atoms with Crippen molar-refractivity contribution in [1.82, 2.24) is 19.6 Å². The normalized spacial score (nSPS) is 10.8. The molecule has 20 heavy (non-hydrogen) atoms. The Balaban J connectivity index is 2.34. The minimum absolute atomic E-state index is 0.0949. The van der Waals surface area contributed by atoms with Gasteiger partial charge in [0.1, 0.15) is 5.56 Å². The summed E-state index contributed by atoms with van der Waals surface area (Å²) in [7, 11) is 0. The number of carbonyl (C=O) groups is 1. The van der Waals surface area contributed by atoms with Gasteiger partial charge in [0.05, 0.1) is 17.6 Å². The molecule has 0 aliphatic heterocycles. The van der Waals surface area contributed by atoms with E-state index >= 15 is 0 Å². The van der Waals surface area contributed by atoms with E-state index in [1.807, 2.05) is 31.2 Å². The number of rotatable bonds is 3. The molecule has 0 aromatic carbocycles. The van der Waals surface area contributed by atoms with E-state index in [2.05, 4.69) is 15.1 Å². The van der Waals surface area contributed by atoms with Crippen LogP contribution in [-0.4, -0.2) is 30.7 Å². The highest BCUT2D eigenvalue weighted by molar-refractivity contribution is 5.94. The lowest BCUT2D eigenvalue weighted by Crippen LogP contribution is -2.03. The van der Waals surface area contributed by atoms with Gasteiger partial charge >= 0.3 is 5.97 Å². The minimum atomic E-state index is -1.03. The number of aromatic nitrogens is 4.